The molecule has 0 bridgehead atoms. The van der Waals surface area contributed by atoms with Gasteiger partial charge in [0.05, 0.1) is 18.8 Å². The van der Waals surface area contributed by atoms with E-state index < -0.39 is 12.2 Å². The number of ether oxygens (including phenoxy) is 3. The molecule has 0 spiro atoms. The monoisotopic (exact) mass is 512 g/mol. The molecule has 9 nitrogen and oxygen atoms in total. The molecule has 4 aromatic rings. The third kappa shape index (κ3) is 5.68. The number of fused-ring (bicyclic) bond motifs is 1. The Kier molecular flexibility index (Phi) is 7.37. The molecule has 0 saturated heterocycles. The highest BCUT2D eigenvalue weighted by molar-refractivity contribution is 5.75. The van der Waals surface area contributed by atoms with Gasteiger partial charge in [-0.2, -0.15) is 0 Å². The molecule has 1 aliphatic heterocycles. The molecular weight excluding hydrogens is 484 g/mol. The van der Waals surface area contributed by atoms with Crippen LogP contribution in [0.4, 0.5) is 10.7 Å². The van der Waals surface area contributed by atoms with Crippen molar-refractivity contribution in [2.75, 3.05) is 32.3 Å². The van der Waals surface area contributed by atoms with E-state index in [2.05, 4.69) is 4.98 Å². The van der Waals surface area contributed by atoms with Crippen LogP contribution >= 0.6 is 0 Å². The number of hydrogen-bond acceptors (Lipinski definition) is 8. The minimum Gasteiger partial charge on any atom is -0.454 e. The van der Waals surface area contributed by atoms with Gasteiger partial charge in [-0.15, -0.1) is 0 Å². The van der Waals surface area contributed by atoms with Gasteiger partial charge in [-0.25, -0.2) is 14.8 Å². The van der Waals surface area contributed by atoms with Crippen molar-refractivity contribution in [2.24, 2.45) is 0 Å². The molecule has 1 unspecified atom stereocenters. The normalized spacial score (nSPS) is 12.6. The number of aromatic nitrogens is 2. The van der Waals surface area contributed by atoms with Gasteiger partial charge in [0.25, 0.3) is 0 Å². The molecule has 1 aromatic heterocycles. The molecule has 1 N–H and O–H groups in total. The van der Waals surface area contributed by atoms with Crippen LogP contribution < -0.4 is 19.1 Å². The van der Waals surface area contributed by atoms with E-state index in [9.17, 15) is 9.90 Å². The first-order valence-electron chi connectivity index (χ1n) is 12.2. The maximum absolute atomic E-state index is 13.0. The first kappa shape index (κ1) is 25.0. The smallest absolute Gasteiger partial charge is 0.415 e. The van der Waals surface area contributed by atoms with Crippen molar-refractivity contribution in [1.29, 1.82) is 0 Å². The highest BCUT2D eigenvalue weighted by Gasteiger charge is 2.22. The zero-order valence-corrected chi connectivity index (χ0v) is 21.2. The van der Waals surface area contributed by atoms with E-state index in [0.29, 0.717) is 35.2 Å². The van der Waals surface area contributed by atoms with Crippen molar-refractivity contribution >= 4 is 12.0 Å². The fourth-order valence-electron chi connectivity index (χ4n) is 4.08. The summed E-state index contributed by atoms with van der Waals surface area (Å²) >= 11 is 0. The number of hydrogen-bond donors (Lipinski definition) is 1. The molecule has 0 radical (unpaired) electrons. The third-order valence-corrected chi connectivity index (χ3v) is 6.13. The summed E-state index contributed by atoms with van der Waals surface area (Å²) in [4.78, 5) is 25.4. The van der Waals surface area contributed by atoms with Crippen molar-refractivity contribution in [3.63, 3.8) is 0 Å². The first-order chi connectivity index (χ1) is 18.5. The summed E-state index contributed by atoms with van der Waals surface area (Å²) in [6.07, 6.45) is -0.0801. The Morgan fingerprint density at radius 3 is 2.47 bits per heavy atom. The Bertz CT molecular complexity index is 1400. The summed E-state index contributed by atoms with van der Waals surface area (Å²) in [5.74, 6) is 1.91. The van der Waals surface area contributed by atoms with Gasteiger partial charge in [-0.05, 0) is 23.3 Å². The second-order valence-corrected chi connectivity index (χ2v) is 8.97. The molecule has 0 fully saturated rings. The maximum Gasteiger partial charge on any atom is 0.415 e. The Balaban J connectivity index is 1.32. The van der Waals surface area contributed by atoms with Crippen LogP contribution in [0.2, 0.25) is 0 Å². The fourth-order valence-corrected chi connectivity index (χ4v) is 4.08. The van der Waals surface area contributed by atoms with E-state index in [4.69, 9.17) is 19.2 Å². The van der Waals surface area contributed by atoms with Gasteiger partial charge in [0.2, 0.25) is 12.7 Å². The summed E-state index contributed by atoms with van der Waals surface area (Å²) in [6.45, 7) is 0.778. The van der Waals surface area contributed by atoms with E-state index >= 15 is 0 Å². The van der Waals surface area contributed by atoms with Crippen LogP contribution in [-0.4, -0.2) is 53.5 Å². The van der Waals surface area contributed by atoms with Crippen LogP contribution in [0, 0.1) is 0 Å². The minimum atomic E-state index is -0.944. The number of benzene rings is 3. The lowest BCUT2D eigenvalue weighted by Crippen LogP contribution is -2.33. The number of carbonyl (C=O) groups excluding carboxylic acids is 1. The molecule has 0 aliphatic carbocycles. The number of carbonyl (C=O) groups is 1. The molecule has 3 aromatic carbocycles. The van der Waals surface area contributed by atoms with Gasteiger partial charge in [0, 0.05) is 26.2 Å². The lowest BCUT2D eigenvalue weighted by atomic mass is 10.1. The highest BCUT2D eigenvalue weighted by Crippen LogP contribution is 2.34. The molecule has 0 saturated carbocycles. The number of amides is 1. The summed E-state index contributed by atoms with van der Waals surface area (Å²) in [5.41, 5.74) is 3.01. The van der Waals surface area contributed by atoms with Crippen molar-refractivity contribution in [3.8, 4) is 28.5 Å². The molecule has 1 atom stereocenters. The summed E-state index contributed by atoms with van der Waals surface area (Å²) in [7, 11) is 3.47. The number of likely N-dealkylation sites (N-methyl/N-ethyl adjacent to an activating group) is 1. The standard InChI is InChI=1S/C29H28N4O5/c1-32(17-20-9-5-3-6-10-20)28-30-16-26(27(31-28)21-11-7-4-8-12-21)38-29(35)33(2)18-23(34)22-13-14-24-25(15-22)37-19-36-24/h3-16,23,34H,17-19H2,1-2H3. The van der Waals surface area contributed by atoms with E-state index in [1.165, 1.54) is 11.1 Å². The molecule has 5 rings (SSSR count). The summed E-state index contributed by atoms with van der Waals surface area (Å²) in [6, 6.07) is 24.7. The lowest BCUT2D eigenvalue weighted by Gasteiger charge is -2.22. The predicted octanol–water partition coefficient (Wildman–Crippen LogP) is 4.67. The van der Waals surface area contributed by atoms with Crippen molar-refractivity contribution in [1.82, 2.24) is 14.9 Å². The number of aliphatic hydroxyl groups excluding tert-OH is 1. The van der Waals surface area contributed by atoms with E-state index in [1.54, 1.807) is 25.2 Å². The van der Waals surface area contributed by atoms with Gasteiger partial charge in [-0.3, -0.25) is 0 Å². The summed E-state index contributed by atoms with van der Waals surface area (Å²) in [5, 5.41) is 10.7. The van der Waals surface area contributed by atoms with E-state index in [-0.39, 0.29) is 19.1 Å². The Morgan fingerprint density at radius 1 is 1.00 bits per heavy atom. The highest BCUT2D eigenvalue weighted by atomic mass is 16.7. The second-order valence-electron chi connectivity index (χ2n) is 8.97. The van der Waals surface area contributed by atoms with Gasteiger partial charge in [0.15, 0.2) is 17.2 Å². The molecule has 194 valence electrons. The molecular formula is C29H28N4O5. The Morgan fingerprint density at radius 2 is 1.71 bits per heavy atom. The lowest BCUT2D eigenvalue weighted by molar-refractivity contribution is 0.112. The van der Waals surface area contributed by atoms with Crippen LogP contribution in [-0.2, 0) is 6.54 Å². The third-order valence-electron chi connectivity index (χ3n) is 6.13. The minimum absolute atomic E-state index is 0.0118. The molecule has 9 heteroatoms. The van der Waals surface area contributed by atoms with Crippen LogP contribution in [0.5, 0.6) is 17.2 Å². The average Bonchev–Trinajstić information content (AvgIpc) is 3.42. The van der Waals surface area contributed by atoms with E-state index in [0.717, 1.165) is 11.1 Å². The Hall–Kier alpha value is -4.63. The zero-order valence-electron chi connectivity index (χ0n) is 21.2. The SMILES string of the molecule is CN(CC(O)c1ccc2c(c1)OCO2)C(=O)Oc1cnc(N(C)Cc2ccccc2)nc1-c1ccccc1. The maximum atomic E-state index is 13.0. The van der Waals surface area contributed by atoms with Crippen molar-refractivity contribution in [3.05, 3.63) is 96.2 Å². The molecule has 38 heavy (non-hydrogen) atoms. The van der Waals surface area contributed by atoms with Gasteiger partial charge < -0.3 is 29.1 Å². The van der Waals surface area contributed by atoms with Gasteiger partial charge in [0.1, 0.15) is 5.69 Å². The topological polar surface area (TPSA) is 97.2 Å². The second kappa shape index (κ2) is 11.2. The van der Waals surface area contributed by atoms with Crippen LogP contribution in [0.3, 0.4) is 0 Å². The Labute approximate surface area is 220 Å². The number of nitrogens with zero attached hydrogens (tertiary/aromatic N) is 4. The van der Waals surface area contributed by atoms with Gasteiger partial charge >= 0.3 is 6.09 Å². The molecule has 1 amide bonds. The van der Waals surface area contributed by atoms with Crippen molar-refractivity contribution in [2.45, 2.75) is 12.6 Å². The number of rotatable bonds is 8. The average molecular weight is 513 g/mol. The zero-order chi connectivity index (χ0) is 26.5. The number of aliphatic hydroxyl groups is 1. The van der Waals surface area contributed by atoms with Gasteiger partial charge in [-0.1, -0.05) is 66.7 Å². The number of anilines is 1. The van der Waals surface area contributed by atoms with Crippen molar-refractivity contribution < 1.29 is 24.1 Å². The largest absolute Gasteiger partial charge is 0.454 e. The summed E-state index contributed by atoms with van der Waals surface area (Å²) < 4.78 is 16.4. The van der Waals surface area contributed by atoms with Crippen LogP contribution in [0.1, 0.15) is 17.2 Å². The predicted molar refractivity (Wildman–Crippen MR) is 142 cm³/mol. The van der Waals surface area contributed by atoms with Crippen LogP contribution in [0.15, 0.2) is 85.1 Å². The molecule has 1 aliphatic rings. The molecule has 2 heterocycles. The van der Waals surface area contributed by atoms with Crippen LogP contribution in [0.25, 0.3) is 11.3 Å². The first-order valence-corrected chi connectivity index (χ1v) is 12.2. The fraction of sp³-hybridized carbons (Fsp3) is 0.207. The van der Waals surface area contributed by atoms with E-state index in [1.807, 2.05) is 72.6 Å². The quantitative estimate of drug-likeness (QED) is 0.364.